The zero-order valence-corrected chi connectivity index (χ0v) is 18.3. The molecule has 32 heavy (non-hydrogen) atoms. The Balaban J connectivity index is 1.60. The molecule has 2 heterocycles. The highest BCUT2D eigenvalue weighted by molar-refractivity contribution is 6.14. The normalized spacial score (nSPS) is 16.5. The number of nitrogens with zero attached hydrogens (tertiary/aromatic N) is 3. The van der Waals surface area contributed by atoms with Gasteiger partial charge in [-0.2, -0.15) is 5.10 Å². The van der Waals surface area contributed by atoms with Crippen molar-refractivity contribution in [1.29, 1.82) is 0 Å². The van der Waals surface area contributed by atoms with Gasteiger partial charge in [-0.15, -0.1) is 0 Å². The molecule has 1 saturated carbocycles. The van der Waals surface area contributed by atoms with Crippen LogP contribution >= 0.6 is 0 Å². The summed E-state index contributed by atoms with van der Waals surface area (Å²) in [5.41, 5.74) is 2.94. The van der Waals surface area contributed by atoms with E-state index in [1.54, 1.807) is 24.4 Å². The average Bonchev–Trinajstić information content (AvgIpc) is 3.32. The molecule has 0 saturated heterocycles. The number of nitrogens with one attached hydrogen (secondary N) is 2. The Labute approximate surface area is 184 Å². The number of alkyl halides is 2. The van der Waals surface area contributed by atoms with Gasteiger partial charge in [-0.3, -0.25) is 9.48 Å². The molecule has 1 aliphatic carbocycles. The lowest BCUT2D eigenvalue weighted by atomic mass is 9.81. The molecule has 1 amide bonds. The number of aromatic nitrogens is 3. The monoisotopic (exact) mass is 443 g/mol. The molecule has 0 bridgehead atoms. The molecule has 1 aromatic carbocycles. The third-order valence-corrected chi connectivity index (χ3v) is 5.77. The number of aromatic hydroxyl groups is 1. The van der Waals surface area contributed by atoms with E-state index in [0.717, 1.165) is 0 Å². The van der Waals surface area contributed by atoms with Gasteiger partial charge in [0.05, 0.1) is 23.7 Å². The predicted octanol–water partition coefficient (Wildman–Crippen LogP) is 4.96. The van der Waals surface area contributed by atoms with Crippen molar-refractivity contribution in [2.75, 3.05) is 6.54 Å². The number of aliphatic imine (C=N–C) groups is 1. The summed E-state index contributed by atoms with van der Waals surface area (Å²) in [4.78, 5) is 20.2. The van der Waals surface area contributed by atoms with E-state index in [1.165, 1.54) is 0 Å². The number of fused-ring (bicyclic) bond motifs is 1. The Morgan fingerprint density at radius 1 is 1.41 bits per heavy atom. The van der Waals surface area contributed by atoms with Crippen molar-refractivity contribution < 1.29 is 18.7 Å². The minimum atomic E-state index is -2.60. The number of aromatic amines is 1. The summed E-state index contributed by atoms with van der Waals surface area (Å²) in [6.45, 7) is 6.21. The fourth-order valence-electron chi connectivity index (χ4n) is 4.02. The number of H-pyrrole nitrogens is 1. The van der Waals surface area contributed by atoms with Gasteiger partial charge in [-0.25, -0.2) is 13.8 Å². The smallest absolute Gasteiger partial charge is 0.251 e. The number of hydrogen-bond acceptors (Lipinski definition) is 4. The lowest BCUT2D eigenvalue weighted by molar-refractivity contribution is -0.108. The van der Waals surface area contributed by atoms with Gasteiger partial charge in [0.2, 0.25) is 5.92 Å². The highest BCUT2D eigenvalue weighted by atomic mass is 19.3. The second kappa shape index (κ2) is 8.37. The molecule has 170 valence electrons. The van der Waals surface area contributed by atoms with Gasteiger partial charge in [-0.1, -0.05) is 6.92 Å². The minimum Gasteiger partial charge on any atom is -0.494 e. The van der Waals surface area contributed by atoms with Crippen LogP contribution in [0.1, 0.15) is 62.0 Å². The number of benzene rings is 1. The zero-order chi connectivity index (χ0) is 23.0. The fraction of sp³-hybridized carbons (Fsp3) is 0.435. The summed E-state index contributed by atoms with van der Waals surface area (Å²) in [7, 11) is 0. The Kier molecular flexibility index (Phi) is 5.75. The van der Waals surface area contributed by atoms with E-state index in [9.17, 15) is 18.7 Å². The van der Waals surface area contributed by atoms with E-state index in [1.807, 2.05) is 31.6 Å². The molecule has 3 N–H and O–H groups in total. The molecule has 4 rings (SSSR count). The molecular formula is C23H27F2N5O2. The molecule has 1 aliphatic rings. The first-order valence-electron chi connectivity index (χ1n) is 10.8. The van der Waals surface area contributed by atoms with Crippen LogP contribution in [-0.2, 0) is 0 Å². The van der Waals surface area contributed by atoms with Crippen molar-refractivity contribution in [2.45, 2.75) is 52.0 Å². The summed E-state index contributed by atoms with van der Waals surface area (Å²) in [6.07, 6.45) is 3.69. The molecule has 0 unspecified atom stereocenters. The van der Waals surface area contributed by atoms with Crippen LogP contribution in [0.15, 0.2) is 35.6 Å². The molecule has 7 nitrogen and oxygen atoms in total. The largest absolute Gasteiger partial charge is 0.494 e. The zero-order valence-electron chi connectivity index (χ0n) is 18.3. The standard InChI is InChI=1S/C23H27F2N5O2/c1-4-18(28-16-11-27-30(12-16)13(2)3)20-17-7-15(5-6-19(17)29-22(20)32)21(31)26-10-14-8-23(24,25)9-14/h5-7,11-14,29,32H,4,8-10H2,1-3H3,(H,26,31). The van der Waals surface area contributed by atoms with Crippen LogP contribution in [0.25, 0.3) is 10.9 Å². The molecule has 3 aromatic rings. The fourth-order valence-corrected chi connectivity index (χ4v) is 4.02. The van der Waals surface area contributed by atoms with Gasteiger partial charge < -0.3 is 15.4 Å². The van der Waals surface area contributed by atoms with Crippen LogP contribution in [0.5, 0.6) is 5.88 Å². The summed E-state index contributed by atoms with van der Waals surface area (Å²) in [6, 6.07) is 5.25. The second-order valence-electron chi connectivity index (χ2n) is 8.63. The van der Waals surface area contributed by atoms with E-state index in [0.29, 0.717) is 39.8 Å². The van der Waals surface area contributed by atoms with Crippen LogP contribution in [-0.4, -0.2) is 44.0 Å². The molecule has 0 aliphatic heterocycles. The van der Waals surface area contributed by atoms with Gasteiger partial charge in [0.15, 0.2) is 5.88 Å². The van der Waals surface area contributed by atoms with Crippen molar-refractivity contribution >= 4 is 28.2 Å². The summed E-state index contributed by atoms with van der Waals surface area (Å²) in [5.74, 6) is -3.16. The van der Waals surface area contributed by atoms with Crippen LogP contribution in [0.4, 0.5) is 14.5 Å². The van der Waals surface area contributed by atoms with E-state index in [4.69, 9.17) is 0 Å². The summed E-state index contributed by atoms with van der Waals surface area (Å²) < 4.78 is 27.8. The molecular weight excluding hydrogens is 416 g/mol. The van der Waals surface area contributed by atoms with Crippen LogP contribution in [0, 0.1) is 5.92 Å². The first-order valence-corrected chi connectivity index (χ1v) is 10.8. The maximum atomic E-state index is 13.0. The number of hydrogen-bond donors (Lipinski definition) is 3. The molecule has 9 heteroatoms. The van der Waals surface area contributed by atoms with E-state index >= 15 is 0 Å². The predicted molar refractivity (Wildman–Crippen MR) is 119 cm³/mol. The number of carbonyl (C=O) groups excluding carboxylic acids is 1. The highest BCUT2D eigenvalue weighted by Gasteiger charge is 2.45. The quantitative estimate of drug-likeness (QED) is 0.451. The average molecular weight is 443 g/mol. The van der Waals surface area contributed by atoms with Crippen LogP contribution in [0.2, 0.25) is 0 Å². The Hall–Kier alpha value is -3.23. The number of rotatable bonds is 7. The third kappa shape index (κ3) is 4.37. The maximum absolute atomic E-state index is 13.0. The summed E-state index contributed by atoms with van der Waals surface area (Å²) >= 11 is 0. The molecule has 0 atom stereocenters. The molecule has 1 fully saturated rings. The summed E-state index contributed by atoms with van der Waals surface area (Å²) in [5, 5.41) is 18.3. The molecule has 0 spiro atoms. The van der Waals surface area contributed by atoms with Crippen molar-refractivity contribution in [1.82, 2.24) is 20.1 Å². The van der Waals surface area contributed by atoms with Crippen molar-refractivity contribution in [3.63, 3.8) is 0 Å². The lowest BCUT2D eigenvalue weighted by Crippen LogP contribution is -2.42. The van der Waals surface area contributed by atoms with Gasteiger partial charge in [0.1, 0.15) is 5.69 Å². The Morgan fingerprint density at radius 2 is 2.16 bits per heavy atom. The number of amides is 1. The minimum absolute atomic E-state index is 0.0221. The maximum Gasteiger partial charge on any atom is 0.251 e. The Bertz CT molecular complexity index is 1170. The SMILES string of the molecule is CCC(=Nc1cnn(C(C)C)c1)c1c(O)[nH]c2ccc(C(=O)NCC3CC(F)(F)C3)cc12. The van der Waals surface area contributed by atoms with Crippen molar-refractivity contribution in [2.24, 2.45) is 10.9 Å². The first kappa shape index (κ1) is 22.0. The van der Waals surface area contributed by atoms with E-state index < -0.39 is 5.92 Å². The highest BCUT2D eigenvalue weighted by Crippen LogP contribution is 2.41. The Morgan fingerprint density at radius 3 is 2.78 bits per heavy atom. The van der Waals surface area contributed by atoms with Crippen LogP contribution < -0.4 is 5.32 Å². The van der Waals surface area contributed by atoms with Crippen molar-refractivity contribution in [3.05, 3.63) is 41.7 Å². The topological polar surface area (TPSA) is 95.3 Å². The van der Waals surface area contributed by atoms with Gasteiger partial charge in [-0.05, 0) is 44.4 Å². The number of carbonyl (C=O) groups is 1. The van der Waals surface area contributed by atoms with Gasteiger partial charge in [0, 0.05) is 41.9 Å². The van der Waals surface area contributed by atoms with E-state index in [-0.39, 0.29) is 43.1 Å². The first-order chi connectivity index (χ1) is 15.2. The third-order valence-electron chi connectivity index (χ3n) is 5.77. The lowest BCUT2D eigenvalue weighted by Gasteiger charge is -2.34. The van der Waals surface area contributed by atoms with Gasteiger partial charge >= 0.3 is 0 Å². The number of halogens is 2. The molecule has 2 aromatic heterocycles. The second-order valence-corrected chi connectivity index (χ2v) is 8.63. The van der Waals surface area contributed by atoms with Gasteiger partial charge in [0.25, 0.3) is 5.91 Å². The van der Waals surface area contributed by atoms with Crippen molar-refractivity contribution in [3.8, 4) is 5.88 Å². The van der Waals surface area contributed by atoms with E-state index in [2.05, 4.69) is 20.4 Å². The van der Waals surface area contributed by atoms with Crippen LogP contribution in [0.3, 0.4) is 0 Å². The molecule has 0 radical (unpaired) electrons.